The molecule has 3 N–H and O–H groups in total. The van der Waals surface area contributed by atoms with Crippen LogP contribution < -0.4 is 20.5 Å². The number of nitrogens with zero attached hydrogens (tertiary/aromatic N) is 1. The van der Waals surface area contributed by atoms with Crippen LogP contribution in [-0.4, -0.2) is 51.4 Å². The minimum atomic E-state index is -1.17. The molecule has 2 aliphatic rings. The number of amides is 2. The monoisotopic (exact) mass is 469 g/mol. The zero-order chi connectivity index (χ0) is 23.1. The van der Waals surface area contributed by atoms with Gasteiger partial charge in [0.1, 0.15) is 6.04 Å². The lowest BCUT2D eigenvalue weighted by molar-refractivity contribution is -0.144. The van der Waals surface area contributed by atoms with Gasteiger partial charge in [0.05, 0.1) is 17.8 Å². The van der Waals surface area contributed by atoms with Crippen molar-refractivity contribution < 1.29 is 28.7 Å². The van der Waals surface area contributed by atoms with Crippen LogP contribution >= 0.6 is 23.4 Å². The van der Waals surface area contributed by atoms with Crippen molar-refractivity contribution in [2.75, 3.05) is 6.54 Å². The summed E-state index contributed by atoms with van der Waals surface area (Å²) in [6.45, 7) is 6.69. The van der Waals surface area contributed by atoms with Gasteiger partial charge >= 0.3 is 11.9 Å². The largest absolute Gasteiger partial charge is 0.423 e. The Hall–Kier alpha value is -2.30. The highest BCUT2D eigenvalue weighted by Crippen LogP contribution is 2.50. The van der Waals surface area contributed by atoms with Crippen molar-refractivity contribution in [3.63, 3.8) is 0 Å². The number of rotatable bonds is 6. The van der Waals surface area contributed by atoms with Crippen molar-refractivity contribution in [2.45, 2.75) is 56.3 Å². The third-order valence-corrected chi connectivity index (χ3v) is 7.06. The Balaban J connectivity index is 1.76. The third kappa shape index (κ3) is 4.81. The number of ether oxygens (including phenoxy) is 2. The molecular weight excluding hydrogens is 446 g/mol. The molecule has 31 heavy (non-hydrogen) atoms. The van der Waals surface area contributed by atoms with E-state index in [-0.39, 0.29) is 50.7 Å². The number of fused-ring (bicyclic) bond motifs is 1. The zero-order valence-corrected chi connectivity index (χ0v) is 19.1. The lowest BCUT2D eigenvalue weighted by Gasteiger charge is -2.39. The maximum Gasteiger partial charge on any atom is 0.308 e. The van der Waals surface area contributed by atoms with Crippen LogP contribution in [0, 0.1) is 0 Å². The molecule has 1 unspecified atom stereocenters. The lowest BCUT2D eigenvalue weighted by Crippen LogP contribution is -2.57. The van der Waals surface area contributed by atoms with E-state index in [0.29, 0.717) is 6.42 Å². The quantitative estimate of drug-likeness (QED) is 0.366. The fourth-order valence-corrected chi connectivity index (χ4v) is 5.62. The van der Waals surface area contributed by atoms with E-state index < -0.39 is 23.9 Å². The first kappa shape index (κ1) is 23.4. The third-order valence-electron chi connectivity index (χ3n) is 5.18. The number of benzene rings is 1. The summed E-state index contributed by atoms with van der Waals surface area (Å²) in [4.78, 5) is 49.2. The molecule has 3 rings (SSSR count). The molecule has 1 aromatic rings. The predicted octanol–water partition coefficient (Wildman–Crippen LogP) is 1.76. The molecule has 0 aliphatic carbocycles. The van der Waals surface area contributed by atoms with Crippen molar-refractivity contribution in [3.05, 3.63) is 22.7 Å². The molecule has 168 valence electrons. The fraction of sp³-hybridized carbons (Fsp3) is 0.500. The van der Waals surface area contributed by atoms with Gasteiger partial charge in [0.25, 0.3) is 0 Å². The molecule has 9 nitrogen and oxygen atoms in total. The summed E-state index contributed by atoms with van der Waals surface area (Å²) < 4.78 is 9.89. The van der Waals surface area contributed by atoms with E-state index in [9.17, 15) is 19.2 Å². The van der Waals surface area contributed by atoms with Crippen molar-refractivity contribution in [3.8, 4) is 11.5 Å². The van der Waals surface area contributed by atoms with E-state index in [1.165, 1.54) is 26.0 Å². The van der Waals surface area contributed by atoms with Crippen molar-refractivity contribution >= 4 is 47.1 Å². The normalized spacial score (nSPS) is 22.3. The Morgan fingerprint density at radius 1 is 1.26 bits per heavy atom. The smallest absolute Gasteiger partial charge is 0.308 e. The maximum absolute atomic E-state index is 12.7. The molecule has 2 fully saturated rings. The minimum Gasteiger partial charge on any atom is -0.423 e. The molecule has 0 spiro atoms. The summed E-state index contributed by atoms with van der Waals surface area (Å²) in [6, 6.07) is 1.24. The highest BCUT2D eigenvalue weighted by molar-refractivity contribution is 8.01. The topological polar surface area (TPSA) is 128 Å². The Bertz CT molecular complexity index is 953. The van der Waals surface area contributed by atoms with Crippen LogP contribution in [0.15, 0.2) is 12.1 Å². The van der Waals surface area contributed by atoms with Crippen LogP contribution in [-0.2, 0) is 19.2 Å². The SMILES string of the molecule is CC(=O)Oc1cc(Cl)c(C(N)C(=O)NC[C@@H]2N3C(=O)C[C@H]3SC2(C)C)cc1OC(C)=O. The number of carbonyl (C=O) groups is 4. The average molecular weight is 470 g/mol. The number of carbonyl (C=O) groups excluding carboxylic acids is 4. The number of hydrogen-bond donors (Lipinski definition) is 2. The van der Waals surface area contributed by atoms with Gasteiger partial charge in [0.2, 0.25) is 11.8 Å². The van der Waals surface area contributed by atoms with Gasteiger partial charge in [-0.25, -0.2) is 0 Å². The Morgan fingerprint density at radius 3 is 2.39 bits per heavy atom. The number of esters is 2. The summed E-state index contributed by atoms with van der Waals surface area (Å²) in [5.74, 6) is -1.84. The van der Waals surface area contributed by atoms with Gasteiger partial charge in [-0.15, -0.1) is 11.8 Å². The molecule has 3 atom stereocenters. The summed E-state index contributed by atoms with van der Waals surface area (Å²) in [6.07, 6.45) is 0.515. The second kappa shape index (κ2) is 8.68. The van der Waals surface area contributed by atoms with Crippen molar-refractivity contribution in [1.29, 1.82) is 0 Å². The zero-order valence-electron chi connectivity index (χ0n) is 17.6. The molecule has 2 amide bonds. The van der Waals surface area contributed by atoms with Crippen molar-refractivity contribution in [2.24, 2.45) is 5.73 Å². The Labute approximate surface area is 188 Å². The van der Waals surface area contributed by atoms with Gasteiger partial charge in [-0.3, -0.25) is 19.2 Å². The molecule has 2 heterocycles. The average Bonchev–Trinajstić information content (AvgIpc) is 2.85. The first-order valence-electron chi connectivity index (χ1n) is 9.63. The van der Waals surface area contributed by atoms with Crippen LogP contribution in [0.5, 0.6) is 11.5 Å². The van der Waals surface area contributed by atoms with Gasteiger partial charge in [0.15, 0.2) is 11.5 Å². The number of nitrogens with two attached hydrogens (primary N) is 1. The molecule has 2 saturated heterocycles. The molecule has 2 aliphatic heterocycles. The Kier molecular flexibility index (Phi) is 6.54. The van der Waals surface area contributed by atoms with E-state index in [2.05, 4.69) is 5.32 Å². The van der Waals surface area contributed by atoms with Crippen molar-refractivity contribution in [1.82, 2.24) is 10.2 Å². The fourth-order valence-electron chi connectivity index (χ4n) is 3.69. The number of nitrogens with one attached hydrogen (secondary N) is 1. The Morgan fingerprint density at radius 2 is 1.84 bits per heavy atom. The molecule has 0 saturated carbocycles. The van der Waals surface area contributed by atoms with E-state index in [1.54, 1.807) is 16.7 Å². The van der Waals surface area contributed by atoms with Crippen LogP contribution in [0.1, 0.15) is 45.7 Å². The molecule has 0 bridgehead atoms. The minimum absolute atomic E-state index is 0.0591. The molecule has 0 radical (unpaired) electrons. The highest BCUT2D eigenvalue weighted by Gasteiger charge is 2.55. The van der Waals surface area contributed by atoms with Crippen LogP contribution in [0.2, 0.25) is 5.02 Å². The number of halogens is 1. The van der Waals surface area contributed by atoms with Gasteiger partial charge in [-0.05, 0) is 19.9 Å². The van der Waals surface area contributed by atoms with Crippen LogP contribution in [0.25, 0.3) is 0 Å². The number of β-lactam (4-membered cyclic amide) rings is 1. The molecule has 0 aromatic heterocycles. The van der Waals surface area contributed by atoms with E-state index in [4.69, 9.17) is 26.8 Å². The highest BCUT2D eigenvalue weighted by atomic mass is 35.5. The predicted molar refractivity (Wildman–Crippen MR) is 115 cm³/mol. The molecule has 11 heteroatoms. The molecule has 1 aromatic carbocycles. The lowest BCUT2D eigenvalue weighted by atomic mass is 9.98. The van der Waals surface area contributed by atoms with Crippen LogP contribution in [0.3, 0.4) is 0 Å². The van der Waals surface area contributed by atoms with E-state index in [1.807, 2.05) is 13.8 Å². The van der Waals surface area contributed by atoms with Gasteiger partial charge in [-0.1, -0.05) is 11.6 Å². The number of hydrogen-bond acceptors (Lipinski definition) is 8. The summed E-state index contributed by atoms with van der Waals surface area (Å²) in [5.41, 5.74) is 6.31. The van der Waals surface area contributed by atoms with E-state index in [0.717, 1.165) is 0 Å². The standard InChI is InChI=1S/C20H24ClN3O6S/c1-9(25)29-13-5-11(12(21)6-14(13)30-10(2)26)18(22)19(28)23-8-15-20(3,4)31-17-7-16(27)24(15)17/h5-6,15,17-18H,7-8,22H2,1-4H3,(H,23,28)/t15-,17+,18?/m0/s1. The second-order valence-electron chi connectivity index (χ2n) is 7.93. The number of thioether (sulfide) groups is 1. The maximum atomic E-state index is 12.7. The van der Waals surface area contributed by atoms with Gasteiger partial charge < -0.3 is 25.4 Å². The first-order chi connectivity index (χ1) is 14.4. The van der Waals surface area contributed by atoms with Crippen LogP contribution in [0.4, 0.5) is 0 Å². The summed E-state index contributed by atoms with van der Waals surface area (Å²) in [5, 5.41) is 3.01. The second-order valence-corrected chi connectivity index (χ2v) is 10.2. The van der Waals surface area contributed by atoms with Gasteiger partial charge in [-0.2, -0.15) is 0 Å². The first-order valence-corrected chi connectivity index (χ1v) is 10.9. The summed E-state index contributed by atoms with van der Waals surface area (Å²) in [7, 11) is 0. The van der Waals surface area contributed by atoms with Gasteiger partial charge in [0, 0.05) is 41.8 Å². The summed E-state index contributed by atoms with van der Waals surface area (Å²) >= 11 is 7.97. The molecular formula is C20H24ClN3O6S. The van der Waals surface area contributed by atoms with E-state index >= 15 is 0 Å².